The van der Waals surface area contributed by atoms with Gasteiger partial charge < -0.3 is 18.8 Å². The predicted molar refractivity (Wildman–Crippen MR) is 75.4 cm³/mol. The fraction of sp³-hybridized carbons (Fsp3) is 1.00. The van der Waals surface area contributed by atoms with Gasteiger partial charge in [0.1, 0.15) is 0 Å². The lowest BCUT2D eigenvalue weighted by atomic mass is 9.61. The SMILES string of the molecule is CC1(C)OB(C23CCC4(CC2C3)OCCO4)OC1(C)C. The summed E-state index contributed by atoms with van der Waals surface area (Å²) in [6, 6.07) is 0. The maximum absolute atomic E-state index is 6.30. The first kappa shape index (κ1) is 13.6. The van der Waals surface area contributed by atoms with Crippen molar-refractivity contribution in [1.29, 1.82) is 0 Å². The molecule has 0 aromatic carbocycles. The Morgan fingerprint density at radius 1 is 0.850 bits per heavy atom. The lowest BCUT2D eigenvalue weighted by molar-refractivity contribution is -0.178. The summed E-state index contributed by atoms with van der Waals surface area (Å²) in [6.07, 6.45) is 4.28. The minimum atomic E-state index is -0.283. The topological polar surface area (TPSA) is 36.9 Å². The van der Waals surface area contributed by atoms with Crippen molar-refractivity contribution in [3.05, 3.63) is 0 Å². The molecule has 4 fully saturated rings. The van der Waals surface area contributed by atoms with Crippen molar-refractivity contribution < 1.29 is 18.8 Å². The zero-order chi connectivity index (χ0) is 14.2. The van der Waals surface area contributed by atoms with Crippen molar-refractivity contribution in [1.82, 2.24) is 0 Å². The van der Waals surface area contributed by atoms with Crippen LogP contribution in [0.1, 0.15) is 53.4 Å². The summed E-state index contributed by atoms with van der Waals surface area (Å²) < 4.78 is 24.3. The summed E-state index contributed by atoms with van der Waals surface area (Å²) >= 11 is 0. The van der Waals surface area contributed by atoms with Gasteiger partial charge in [-0.1, -0.05) is 0 Å². The third kappa shape index (κ3) is 1.70. The Bertz CT molecular complexity index is 414. The van der Waals surface area contributed by atoms with Gasteiger partial charge in [-0.3, -0.25) is 0 Å². The molecule has 5 heteroatoms. The molecule has 1 spiro atoms. The second-order valence-corrected chi connectivity index (χ2v) is 8.03. The quantitative estimate of drug-likeness (QED) is 0.692. The minimum absolute atomic E-state index is 0.0590. The zero-order valence-electron chi connectivity index (χ0n) is 13.0. The van der Waals surface area contributed by atoms with Gasteiger partial charge in [0.25, 0.3) is 0 Å². The highest BCUT2D eigenvalue weighted by molar-refractivity contribution is 6.51. The number of ether oxygens (including phenoxy) is 2. The van der Waals surface area contributed by atoms with E-state index in [0.29, 0.717) is 5.92 Å². The van der Waals surface area contributed by atoms with Crippen LogP contribution >= 0.6 is 0 Å². The maximum Gasteiger partial charge on any atom is 0.464 e. The zero-order valence-corrected chi connectivity index (χ0v) is 13.0. The van der Waals surface area contributed by atoms with Gasteiger partial charge in [-0.2, -0.15) is 0 Å². The largest absolute Gasteiger partial charge is 0.464 e. The molecule has 0 radical (unpaired) electrons. The summed E-state index contributed by atoms with van der Waals surface area (Å²) in [6.45, 7) is 10.0. The van der Waals surface area contributed by atoms with E-state index < -0.39 is 0 Å². The second kappa shape index (κ2) is 3.81. The highest BCUT2D eigenvalue weighted by Crippen LogP contribution is 2.73. The van der Waals surface area contributed by atoms with Crippen LogP contribution in [0.25, 0.3) is 0 Å². The van der Waals surface area contributed by atoms with E-state index >= 15 is 0 Å². The van der Waals surface area contributed by atoms with Crippen molar-refractivity contribution in [2.75, 3.05) is 13.2 Å². The number of hydrogen-bond acceptors (Lipinski definition) is 4. The first-order valence-corrected chi connectivity index (χ1v) is 7.92. The van der Waals surface area contributed by atoms with Crippen molar-refractivity contribution in [3.63, 3.8) is 0 Å². The molecule has 2 aliphatic heterocycles. The van der Waals surface area contributed by atoms with Crippen LogP contribution in [0.15, 0.2) is 0 Å². The summed E-state index contributed by atoms with van der Waals surface area (Å²) in [5.74, 6) is 0.345. The molecule has 2 saturated heterocycles. The average Bonchev–Trinajstić information content (AvgIpc) is 2.81. The molecule has 4 rings (SSSR count). The molecule has 0 aromatic rings. The van der Waals surface area contributed by atoms with Crippen molar-refractivity contribution in [3.8, 4) is 0 Å². The molecule has 4 nitrogen and oxygen atoms in total. The second-order valence-electron chi connectivity index (χ2n) is 8.03. The van der Waals surface area contributed by atoms with Gasteiger partial charge in [0.2, 0.25) is 0 Å². The summed E-state index contributed by atoms with van der Waals surface area (Å²) in [7, 11) is -0.0590. The number of hydrogen-bond donors (Lipinski definition) is 0. The van der Waals surface area contributed by atoms with Gasteiger partial charge in [-0.15, -0.1) is 0 Å². The number of rotatable bonds is 1. The third-order valence-electron chi connectivity index (χ3n) is 6.34. The summed E-state index contributed by atoms with van der Waals surface area (Å²) in [5.41, 5.74) is -0.454. The van der Waals surface area contributed by atoms with Crippen LogP contribution in [0.2, 0.25) is 5.31 Å². The van der Waals surface area contributed by atoms with Crippen LogP contribution in [-0.4, -0.2) is 37.3 Å². The van der Waals surface area contributed by atoms with Crippen LogP contribution in [0.3, 0.4) is 0 Å². The van der Waals surface area contributed by atoms with E-state index in [-0.39, 0.29) is 29.4 Å². The Morgan fingerprint density at radius 3 is 2.00 bits per heavy atom. The van der Waals surface area contributed by atoms with Crippen molar-refractivity contribution >= 4 is 7.12 Å². The van der Waals surface area contributed by atoms with Crippen LogP contribution in [0.5, 0.6) is 0 Å². The molecule has 0 N–H and O–H groups in total. The van der Waals surface area contributed by atoms with Crippen molar-refractivity contribution in [2.45, 2.75) is 75.7 Å². The summed E-state index contributed by atoms with van der Waals surface area (Å²) in [4.78, 5) is 0. The smallest absolute Gasteiger partial charge is 0.403 e. The molecular weight excluding hydrogens is 255 g/mol. The molecule has 2 saturated carbocycles. The van der Waals surface area contributed by atoms with Crippen molar-refractivity contribution in [2.24, 2.45) is 5.92 Å². The Kier molecular flexibility index (Phi) is 2.58. The van der Waals surface area contributed by atoms with E-state index in [1.54, 1.807) is 0 Å². The molecular formula is C15H25BO4. The van der Waals surface area contributed by atoms with Crippen LogP contribution in [-0.2, 0) is 18.8 Å². The third-order valence-corrected chi connectivity index (χ3v) is 6.34. The Balaban J connectivity index is 1.50. The highest BCUT2D eigenvalue weighted by atomic mass is 16.7. The molecule has 20 heavy (non-hydrogen) atoms. The Hall–Kier alpha value is -0.0951. The normalized spacial score (nSPS) is 43.8. The highest BCUT2D eigenvalue weighted by Gasteiger charge is 2.72. The van der Waals surface area contributed by atoms with E-state index in [1.807, 2.05) is 0 Å². The van der Waals surface area contributed by atoms with E-state index in [0.717, 1.165) is 32.5 Å². The van der Waals surface area contributed by atoms with Gasteiger partial charge in [0.15, 0.2) is 5.79 Å². The van der Waals surface area contributed by atoms with Crippen LogP contribution < -0.4 is 0 Å². The van der Waals surface area contributed by atoms with E-state index in [2.05, 4.69) is 27.7 Å². The molecule has 0 amide bonds. The average molecular weight is 280 g/mol. The molecule has 2 heterocycles. The Labute approximate surface area is 121 Å². The molecule has 2 unspecified atom stereocenters. The Morgan fingerprint density at radius 2 is 1.45 bits per heavy atom. The number of fused-ring (bicyclic) bond motifs is 1. The summed E-state index contributed by atoms with van der Waals surface area (Å²) in [5, 5.41) is 0.214. The fourth-order valence-corrected chi connectivity index (χ4v) is 4.13. The van der Waals surface area contributed by atoms with Gasteiger partial charge >= 0.3 is 7.12 Å². The fourth-order valence-electron chi connectivity index (χ4n) is 4.13. The van der Waals surface area contributed by atoms with E-state index in [4.69, 9.17) is 18.8 Å². The lowest BCUT2D eigenvalue weighted by Gasteiger charge is -2.35. The molecule has 2 atom stereocenters. The van der Waals surface area contributed by atoms with Crippen LogP contribution in [0, 0.1) is 5.92 Å². The van der Waals surface area contributed by atoms with Gasteiger partial charge in [-0.05, 0) is 46.5 Å². The molecule has 0 aromatic heterocycles. The standard InChI is InChI=1S/C15H25BO4/c1-12(2)13(3,4)20-16(19-12)14-5-6-15(10-11(14)9-14)17-7-8-18-15/h11H,5-10H2,1-4H3. The molecule has 112 valence electrons. The van der Waals surface area contributed by atoms with E-state index in [9.17, 15) is 0 Å². The van der Waals surface area contributed by atoms with Gasteiger partial charge in [0, 0.05) is 18.2 Å². The first-order chi connectivity index (χ1) is 9.29. The van der Waals surface area contributed by atoms with Crippen LogP contribution in [0.4, 0.5) is 0 Å². The molecule has 4 aliphatic rings. The van der Waals surface area contributed by atoms with E-state index in [1.165, 1.54) is 6.42 Å². The molecule has 2 aliphatic carbocycles. The molecule has 0 bridgehead atoms. The van der Waals surface area contributed by atoms with Gasteiger partial charge in [-0.25, -0.2) is 0 Å². The first-order valence-electron chi connectivity index (χ1n) is 7.92. The van der Waals surface area contributed by atoms with Gasteiger partial charge in [0.05, 0.1) is 24.4 Å². The monoisotopic (exact) mass is 280 g/mol. The lowest BCUT2D eigenvalue weighted by Crippen LogP contribution is -2.41. The predicted octanol–water partition coefficient (Wildman–Crippen LogP) is 2.77. The maximum atomic E-state index is 6.30. The minimum Gasteiger partial charge on any atom is -0.403 e.